The van der Waals surface area contributed by atoms with E-state index in [9.17, 15) is 9.59 Å². The second-order valence-electron chi connectivity index (χ2n) is 5.45. The van der Waals surface area contributed by atoms with Crippen molar-refractivity contribution in [2.24, 2.45) is 0 Å². The molecule has 0 aliphatic carbocycles. The normalized spacial score (nSPS) is 17.4. The summed E-state index contributed by atoms with van der Waals surface area (Å²) in [5.74, 6) is -0.353. The van der Waals surface area contributed by atoms with E-state index in [1.165, 1.54) is 0 Å². The number of rotatable bonds is 3. The van der Waals surface area contributed by atoms with Crippen LogP contribution in [0.2, 0.25) is 0 Å². The highest BCUT2D eigenvalue weighted by Gasteiger charge is 2.21. The van der Waals surface area contributed by atoms with E-state index < -0.39 is 0 Å². The summed E-state index contributed by atoms with van der Waals surface area (Å²) >= 11 is 0. The van der Waals surface area contributed by atoms with Crippen molar-refractivity contribution in [1.82, 2.24) is 10.3 Å². The lowest BCUT2D eigenvalue weighted by atomic mass is 10.0. The van der Waals surface area contributed by atoms with Crippen molar-refractivity contribution in [3.05, 3.63) is 58.0 Å². The fourth-order valence-corrected chi connectivity index (χ4v) is 2.62. The van der Waals surface area contributed by atoms with Crippen LogP contribution < -0.4 is 10.9 Å². The third-order valence-electron chi connectivity index (χ3n) is 3.83. The molecule has 1 fully saturated rings. The molecule has 0 spiro atoms. The average molecular weight is 298 g/mol. The summed E-state index contributed by atoms with van der Waals surface area (Å²) in [5, 5.41) is 2.85. The van der Waals surface area contributed by atoms with Gasteiger partial charge in [0.1, 0.15) is 5.56 Å². The Morgan fingerprint density at radius 1 is 1.32 bits per heavy atom. The number of benzene rings is 1. The number of aromatic nitrogens is 1. The Morgan fingerprint density at radius 3 is 2.77 bits per heavy atom. The number of H-pyrrole nitrogens is 1. The Hall–Kier alpha value is -2.40. The van der Waals surface area contributed by atoms with Crippen LogP contribution >= 0.6 is 0 Å². The lowest BCUT2D eigenvalue weighted by Gasteiger charge is -2.12. The first-order valence-corrected chi connectivity index (χ1v) is 7.33. The number of aromatic amines is 1. The molecule has 3 rings (SSSR count). The summed E-state index contributed by atoms with van der Waals surface area (Å²) in [5.41, 5.74) is 2.34. The number of ether oxygens (including phenoxy) is 1. The molecular weight excluding hydrogens is 280 g/mol. The molecule has 0 unspecified atom stereocenters. The first-order valence-electron chi connectivity index (χ1n) is 7.33. The third-order valence-corrected chi connectivity index (χ3v) is 3.83. The molecule has 1 aliphatic heterocycles. The van der Waals surface area contributed by atoms with E-state index in [-0.39, 0.29) is 23.1 Å². The smallest absolute Gasteiger partial charge is 0.261 e. The van der Waals surface area contributed by atoms with Gasteiger partial charge in [-0.3, -0.25) is 9.59 Å². The molecule has 22 heavy (non-hydrogen) atoms. The predicted octanol–water partition coefficient (Wildman–Crippen LogP) is 1.87. The number of pyridine rings is 1. The zero-order chi connectivity index (χ0) is 15.5. The molecule has 0 bridgehead atoms. The van der Waals surface area contributed by atoms with Gasteiger partial charge in [-0.25, -0.2) is 0 Å². The van der Waals surface area contributed by atoms with Crippen LogP contribution in [-0.2, 0) is 4.74 Å². The molecule has 1 amide bonds. The standard InChI is InChI=1S/C17H18N2O3/c1-11-14(12-5-3-2-4-6-12)9-15(16(20)18-11)17(21)19-13-7-8-22-10-13/h2-6,9,13H,7-8,10H2,1H3,(H,18,20)(H,19,21)/t13-/m1/s1. The number of carbonyl (C=O) groups excluding carboxylic acids is 1. The van der Waals surface area contributed by atoms with Gasteiger partial charge >= 0.3 is 0 Å². The first kappa shape index (κ1) is 14.5. The van der Waals surface area contributed by atoms with Gasteiger partial charge in [0.05, 0.1) is 12.6 Å². The van der Waals surface area contributed by atoms with E-state index in [1.54, 1.807) is 6.07 Å². The fraction of sp³-hybridized carbons (Fsp3) is 0.294. The van der Waals surface area contributed by atoms with E-state index in [4.69, 9.17) is 4.74 Å². The monoisotopic (exact) mass is 298 g/mol. The second-order valence-corrected chi connectivity index (χ2v) is 5.45. The largest absolute Gasteiger partial charge is 0.379 e. The molecule has 1 aliphatic rings. The van der Waals surface area contributed by atoms with Crippen molar-refractivity contribution in [3.8, 4) is 11.1 Å². The maximum atomic E-state index is 12.3. The molecular formula is C17H18N2O3. The minimum atomic E-state index is -0.367. The summed E-state index contributed by atoms with van der Waals surface area (Å²) < 4.78 is 5.24. The minimum absolute atomic E-state index is 0.0200. The van der Waals surface area contributed by atoms with Gasteiger partial charge in [-0.05, 0) is 25.0 Å². The maximum absolute atomic E-state index is 12.3. The molecule has 2 aromatic rings. The van der Waals surface area contributed by atoms with Gasteiger partial charge in [-0.2, -0.15) is 0 Å². The van der Waals surface area contributed by atoms with Gasteiger partial charge < -0.3 is 15.0 Å². The van der Waals surface area contributed by atoms with Crippen molar-refractivity contribution in [1.29, 1.82) is 0 Å². The van der Waals surface area contributed by atoms with Gasteiger partial charge in [0.15, 0.2) is 0 Å². The molecule has 0 radical (unpaired) electrons. The Morgan fingerprint density at radius 2 is 2.09 bits per heavy atom. The predicted molar refractivity (Wildman–Crippen MR) is 83.9 cm³/mol. The first-order chi connectivity index (χ1) is 10.6. The highest BCUT2D eigenvalue weighted by Crippen LogP contribution is 2.21. The molecule has 1 aromatic heterocycles. The molecule has 1 saturated heterocycles. The van der Waals surface area contributed by atoms with Crippen LogP contribution in [0.25, 0.3) is 11.1 Å². The van der Waals surface area contributed by atoms with Gasteiger partial charge in [-0.15, -0.1) is 0 Å². The molecule has 0 saturated carbocycles. The average Bonchev–Trinajstić information content (AvgIpc) is 3.01. The lowest BCUT2D eigenvalue weighted by Crippen LogP contribution is -2.38. The Bertz CT molecular complexity index is 731. The zero-order valence-electron chi connectivity index (χ0n) is 12.4. The van der Waals surface area contributed by atoms with E-state index in [0.29, 0.717) is 13.2 Å². The minimum Gasteiger partial charge on any atom is -0.379 e. The highest BCUT2D eigenvalue weighted by atomic mass is 16.5. The quantitative estimate of drug-likeness (QED) is 0.908. The highest BCUT2D eigenvalue weighted by molar-refractivity contribution is 5.95. The Labute approximate surface area is 128 Å². The van der Waals surface area contributed by atoms with Crippen molar-refractivity contribution in [2.45, 2.75) is 19.4 Å². The van der Waals surface area contributed by atoms with Crippen LogP contribution in [0.1, 0.15) is 22.5 Å². The summed E-state index contributed by atoms with van der Waals surface area (Å²) in [6, 6.07) is 11.3. The topological polar surface area (TPSA) is 71.2 Å². The Kier molecular flexibility index (Phi) is 4.06. The van der Waals surface area contributed by atoms with Gasteiger partial charge in [0.25, 0.3) is 11.5 Å². The molecule has 1 atom stereocenters. The van der Waals surface area contributed by atoms with E-state index in [2.05, 4.69) is 10.3 Å². The van der Waals surface area contributed by atoms with Crippen LogP contribution in [0.3, 0.4) is 0 Å². The third kappa shape index (κ3) is 2.94. The molecule has 114 valence electrons. The SMILES string of the molecule is Cc1[nH]c(=O)c(C(=O)N[C@@H]2CCOC2)cc1-c1ccccc1. The number of hydrogen-bond donors (Lipinski definition) is 2. The molecule has 2 N–H and O–H groups in total. The molecule has 5 nitrogen and oxygen atoms in total. The second kappa shape index (κ2) is 6.15. The van der Waals surface area contributed by atoms with Crippen LogP contribution in [0, 0.1) is 6.92 Å². The zero-order valence-corrected chi connectivity index (χ0v) is 12.4. The maximum Gasteiger partial charge on any atom is 0.261 e. The molecule has 5 heteroatoms. The summed E-state index contributed by atoms with van der Waals surface area (Å²) in [6.07, 6.45) is 0.779. The number of carbonyl (C=O) groups is 1. The van der Waals surface area contributed by atoms with Crippen LogP contribution in [-0.4, -0.2) is 30.1 Å². The van der Waals surface area contributed by atoms with Crippen LogP contribution in [0.15, 0.2) is 41.2 Å². The number of nitrogens with one attached hydrogen (secondary N) is 2. The van der Waals surface area contributed by atoms with E-state index in [0.717, 1.165) is 23.2 Å². The molecule has 2 heterocycles. The van der Waals surface area contributed by atoms with Gasteiger partial charge in [0.2, 0.25) is 0 Å². The number of amides is 1. The van der Waals surface area contributed by atoms with Gasteiger partial charge in [0, 0.05) is 17.9 Å². The summed E-state index contributed by atoms with van der Waals surface area (Å²) in [4.78, 5) is 27.2. The van der Waals surface area contributed by atoms with Crippen molar-refractivity contribution in [2.75, 3.05) is 13.2 Å². The van der Waals surface area contributed by atoms with Crippen molar-refractivity contribution in [3.63, 3.8) is 0 Å². The fourth-order valence-electron chi connectivity index (χ4n) is 2.62. The Balaban J connectivity index is 1.94. The van der Waals surface area contributed by atoms with Gasteiger partial charge in [-0.1, -0.05) is 30.3 Å². The van der Waals surface area contributed by atoms with E-state index in [1.807, 2.05) is 37.3 Å². The van der Waals surface area contributed by atoms with Crippen molar-refractivity contribution >= 4 is 5.91 Å². The lowest BCUT2D eigenvalue weighted by molar-refractivity contribution is 0.0928. The number of aryl methyl sites for hydroxylation is 1. The van der Waals surface area contributed by atoms with Crippen molar-refractivity contribution < 1.29 is 9.53 Å². The van der Waals surface area contributed by atoms with Crippen LogP contribution in [0.4, 0.5) is 0 Å². The van der Waals surface area contributed by atoms with Crippen LogP contribution in [0.5, 0.6) is 0 Å². The van der Waals surface area contributed by atoms with E-state index >= 15 is 0 Å². The summed E-state index contributed by atoms with van der Waals surface area (Å²) in [7, 11) is 0. The molecule has 1 aromatic carbocycles. The number of hydrogen-bond acceptors (Lipinski definition) is 3. The summed E-state index contributed by atoms with van der Waals surface area (Å²) in [6.45, 7) is 2.97.